The van der Waals surface area contributed by atoms with Crippen LogP contribution in [0.3, 0.4) is 0 Å². The van der Waals surface area contributed by atoms with Crippen LogP contribution in [-0.4, -0.2) is 10.5 Å². The second kappa shape index (κ2) is 5.89. The van der Waals surface area contributed by atoms with E-state index in [-0.39, 0.29) is 18.9 Å². The molecular weight excluding hydrogens is 282 g/mol. The molecule has 1 aromatic heterocycles. The van der Waals surface area contributed by atoms with Crippen LogP contribution in [0.2, 0.25) is 0 Å². The summed E-state index contributed by atoms with van der Waals surface area (Å²) in [5.41, 5.74) is 2.28. The standard InChI is InChI=1S/C17H15NO4/c1-12-6-8-13(9-7-12)21-16(19)10-11-18-14-4-2-3-5-15(14)22-17(18)20/h2-9H,10-11H2,1H3. The molecular formula is C17H15NO4. The molecule has 5 heteroatoms. The molecule has 2 aromatic carbocycles. The number of rotatable bonds is 4. The summed E-state index contributed by atoms with van der Waals surface area (Å²) in [5.74, 6) is -0.356. The van der Waals surface area contributed by atoms with Gasteiger partial charge in [-0.2, -0.15) is 0 Å². The maximum Gasteiger partial charge on any atom is 0.419 e. The van der Waals surface area contributed by atoms with E-state index in [4.69, 9.17) is 9.15 Å². The Morgan fingerprint density at radius 2 is 1.86 bits per heavy atom. The van der Waals surface area contributed by atoms with Crippen LogP contribution >= 0.6 is 0 Å². The summed E-state index contributed by atoms with van der Waals surface area (Å²) in [6.45, 7) is 2.18. The van der Waals surface area contributed by atoms with Gasteiger partial charge in [0.1, 0.15) is 5.75 Å². The van der Waals surface area contributed by atoms with Crippen molar-refractivity contribution < 1.29 is 13.9 Å². The lowest BCUT2D eigenvalue weighted by Crippen LogP contribution is -2.18. The Labute approximate surface area is 126 Å². The molecule has 112 valence electrons. The van der Waals surface area contributed by atoms with Crippen molar-refractivity contribution in [3.8, 4) is 5.75 Å². The number of fused-ring (bicyclic) bond motifs is 1. The third-order valence-corrected chi connectivity index (χ3v) is 3.37. The van der Waals surface area contributed by atoms with Crippen molar-refractivity contribution in [1.82, 2.24) is 4.57 Å². The summed E-state index contributed by atoms with van der Waals surface area (Å²) >= 11 is 0. The highest BCUT2D eigenvalue weighted by atomic mass is 16.5. The zero-order valence-electron chi connectivity index (χ0n) is 12.1. The molecule has 0 bridgehead atoms. The van der Waals surface area contributed by atoms with Gasteiger partial charge in [-0.05, 0) is 31.2 Å². The minimum atomic E-state index is -0.468. The van der Waals surface area contributed by atoms with Gasteiger partial charge < -0.3 is 9.15 Å². The van der Waals surface area contributed by atoms with Gasteiger partial charge in [-0.25, -0.2) is 4.79 Å². The average molecular weight is 297 g/mol. The van der Waals surface area contributed by atoms with Gasteiger partial charge in [0, 0.05) is 6.54 Å². The predicted octanol–water partition coefficient (Wildman–Crippen LogP) is 2.90. The van der Waals surface area contributed by atoms with Crippen LogP contribution in [0.5, 0.6) is 5.75 Å². The second-order valence-electron chi connectivity index (χ2n) is 5.02. The molecule has 0 N–H and O–H groups in total. The number of oxazole rings is 1. The Balaban J connectivity index is 1.68. The molecule has 0 saturated carbocycles. The van der Waals surface area contributed by atoms with Crippen molar-refractivity contribution in [1.29, 1.82) is 0 Å². The van der Waals surface area contributed by atoms with Crippen molar-refractivity contribution in [3.63, 3.8) is 0 Å². The zero-order chi connectivity index (χ0) is 15.5. The monoisotopic (exact) mass is 297 g/mol. The zero-order valence-corrected chi connectivity index (χ0v) is 12.1. The smallest absolute Gasteiger partial charge is 0.419 e. The quantitative estimate of drug-likeness (QED) is 0.549. The van der Waals surface area contributed by atoms with Gasteiger partial charge in [-0.1, -0.05) is 29.8 Å². The highest BCUT2D eigenvalue weighted by molar-refractivity contribution is 5.74. The van der Waals surface area contributed by atoms with Crippen LogP contribution in [0.1, 0.15) is 12.0 Å². The first-order valence-corrected chi connectivity index (χ1v) is 6.99. The minimum Gasteiger partial charge on any atom is -0.426 e. The number of ether oxygens (including phenoxy) is 1. The molecule has 0 amide bonds. The third kappa shape index (κ3) is 2.93. The molecule has 0 aliphatic rings. The Morgan fingerprint density at radius 3 is 2.64 bits per heavy atom. The van der Waals surface area contributed by atoms with E-state index in [0.717, 1.165) is 5.56 Å². The molecule has 3 aromatic rings. The molecule has 22 heavy (non-hydrogen) atoms. The van der Waals surface area contributed by atoms with Gasteiger partial charge >= 0.3 is 11.7 Å². The lowest BCUT2D eigenvalue weighted by molar-refractivity contribution is -0.134. The lowest BCUT2D eigenvalue weighted by atomic mass is 10.2. The molecule has 0 spiro atoms. The molecule has 0 atom stereocenters. The van der Waals surface area contributed by atoms with Crippen LogP contribution in [-0.2, 0) is 11.3 Å². The maximum atomic E-state index is 11.9. The number of nitrogens with zero attached hydrogens (tertiary/aromatic N) is 1. The first kappa shape index (κ1) is 14.1. The molecule has 5 nitrogen and oxygen atoms in total. The molecule has 0 unspecified atom stereocenters. The van der Waals surface area contributed by atoms with Crippen molar-refractivity contribution in [2.24, 2.45) is 0 Å². The maximum absolute atomic E-state index is 11.9. The number of carbonyl (C=O) groups is 1. The van der Waals surface area contributed by atoms with Crippen LogP contribution < -0.4 is 10.5 Å². The third-order valence-electron chi connectivity index (χ3n) is 3.37. The second-order valence-corrected chi connectivity index (χ2v) is 5.02. The molecule has 0 saturated heterocycles. The van der Waals surface area contributed by atoms with Crippen LogP contribution in [0, 0.1) is 6.92 Å². The van der Waals surface area contributed by atoms with Gasteiger partial charge in [0.25, 0.3) is 0 Å². The van der Waals surface area contributed by atoms with Crippen LogP contribution in [0.25, 0.3) is 11.1 Å². The fourth-order valence-corrected chi connectivity index (χ4v) is 2.22. The number of aryl methyl sites for hydroxylation is 2. The normalized spacial score (nSPS) is 10.8. The van der Waals surface area contributed by atoms with Crippen molar-refractivity contribution in [2.75, 3.05) is 0 Å². The predicted molar refractivity (Wildman–Crippen MR) is 81.9 cm³/mol. The van der Waals surface area contributed by atoms with Crippen molar-refractivity contribution in [2.45, 2.75) is 19.9 Å². The molecule has 1 heterocycles. The number of esters is 1. The fraction of sp³-hybridized carbons (Fsp3) is 0.176. The van der Waals surface area contributed by atoms with Gasteiger partial charge in [-0.3, -0.25) is 9.36 Å². The van der Waals surface area contributed by atoms with E-state index in [1.165, 1.54) is 4.57 Å². The van der Waals surface area contributed by atoms with Gasteiger partial charge in [0.2, 0.25) is 0 Å². The van der Waals surface area contributed by atoms with E-state index >= 15 is 0 Å². The molecule has 0 fully saturated rings. The van der Waals surface area contributed by atoms with Crippen molar-refractivity contribution >= 4 is 17.1 Å². The highest BCUT2D eigenvalue weighted by Gasteiger charge is 2.11. The molecule has 0 radical (unpaired) electrons. The van der Waals surface area contributed by atoms with E-state index in [0.29, 0.717) is 16.8 Å². The van der Waals surface area contributed by atoms with E-state index in [2.05, 4.69) is 0 Å². The average Bonchev–Trinajstić information content (AvgIpc) is 2.83. The SMILES string of the molecule is Cc1ccc(OC(=O)CCn2c(=O)oc3ccccc32)cc1. The molecule has 0 aliphatic heterocycles. The summed E-state index contributed by atoms with van der Waals surface area (Å²) in [4.78, 5) is 23.7. The molecule has 3 rings (SSSR count). The highest BCUT2D eigenvalue weighted by Crippen LogP contribution is 2.14. The number of carbonyl (C=O) groups excluding carboxylic acids is 1. The number of para-hydroxylation sites is 2. The van der Waals surface area contributed by atoms with Gasteiger partial charge in [0.05, 0.1) is 11.9 Å². The van der Waals surface area contributed by atoms with Crippen LogP contribution in [0.15, 0.2) is 57.7 Å². The van der Waals surface area contributed by atoms with E-state index in [1.54, 1.807) is 30.3 Å². The fourth-order valence-electron chi connectivity index (χ4n) is 2.22. The lowest BCUT2D eigenvalue weighted by Gasteiger charge is -2.05. The van der Waals surface area contributed by atoms with Crippen LogP contribution in [0.4, 0.5) is 0 Å². The number of benzene rings is 2. The Kier molecular flexibility index (Phi) is 3.78. The Bertz CT molecular complexity index is 858. The van der Waals surface area contributed by atoms with Gasteiger partial charge in [-0.15, -0.1) is 0 Å². The van der Waals surface area contributed by atoms with E-state index < -0.39 is 5.76 Å². The summed E-state index contributed by atoms with van der Waals surface area (Å²) in [6.07, 6.45) is 0.0946. The Hall–Kier alpha value is -2.82. The molecule has 0 aliphatic carbocycles. The number of hydrogen-bond acceptors (Lipinski definition) is 4. The number of aromatic nitrogens is 1. The summed E-state index contributed by atoms with van der Waals surface area (Å²) in [5, 5.41) is 0. The largest absolute Gasteiger partial charge is 0.426 e. The first-order valence-electron chi connectivity index (χ1n) is 6.99. The van der Waals surface area contributed by atoms with Crippen molar-refractivity contribution in [3.05, 3.63) is 64.6 Å². The van der Waals surface area contributed by atoms with E-state index in [1.807, 2.05) is 25.1 Å². The summed E-state index contributed by atoms with van der Waals surface area (Å²) < 4.78 is 11.8. The summed E-state index contributed by atoms with van der Waals surface area (Å²) in [7, 11) is 0. The topological polar surface area (TPSA) is 61.4 Å². The summed E-state index contributed by atoms with van der Waals surface area (Å²) in [6, 6.07) is 14.3. The Morgan fingerprint density at radius 1 is 1.14 bits per heavy atom. The first-order chi connectivity index (χ1) is 10.6. The van der Waals surface area contributed by atoms with E-state index in [9.17, 15) is 9.59 Å². The minimum absolute atomic E-state index is 0.0946. The number of hydrogen-bond donors (Lipinski definition) is 0. The van der Waals surface area contributed by atoms with Gasteiger partial charge in [0.15, 0.2) is 5.58 Å².